The molecule has 0 saturated carbocycles. The van der Waals surface area contributed by atoms with Gasteiger partial charge in [-0.1, -0.05) is 47.5 Å². The lowest BCUT2D eigenvalue weighted by Crippen LogP contribution is -2.26. The van der Waals surface area contributed by atoms with Crippen molar-refractivity contribution in [1.29, 1.82) is 5.26 Å². The van der Waals surface area contributed by atoms with Gasteiger partial charge in [0.05, 0.1) is 18.1 Å². The zero-order chi connectivity index (χ0) is 22.5. The number of carbonyl (C=O) groups excluding carboxylic acids is 1. The molecule has 1 aliphatic heterocycles. The fourth-order valence-corrected chi connectivity index (χ4v) is 3.84. The van der Waals surface area contributed by atoms with Crippen LogP contribution in [0.3, 0.4) is 0 Å². The van der Waals surface area contributed by atoms with Crippen molar-refractivity contribution in [3.8, 4) is 11.8 Å². The second-order valence-electron chi connectivity index (χ2n) is 6.64. The van der Waals surface area contributed by atoms with Gasteiger partial charge in [-0.3, -0.25) is 0 Å². The SMILES string of the molecule is CCOC(=O)C1=C(C)OC(N)=C(C#N)C1c1ccccc1OCc1c(Cl)cccc1Cl. The molecule has 2 aromatic rings. The quantitative estimate of drug-likeness (QED) is 0.596. The van der Waals surface area contributed by atoms with Crippen LogP contribution in [0, 0.1) is 11.3 Å². The summed E-state index contributed by atoms with van der Waals surface area (Å²) in [6.07, 6.45) is 0. The van der Waals surface area contributed by atoms with E-state index in [1.165, 1.54) is 0 Å². The first kappa shape index (κ1) is 22.5. The fourth-order valence-electron chi connectivity index (χ4n) is 3.34. The van der Waals surface area contributed by atoms with Crippen molar-refractivity contribution in [2.24, 2.45) is 5.73 Å². The van der Waals surface area contributed by atoms with Crippen LogP contribution in [0.15, 0.2) is 65.3 Å². The van der Waals surface area contributed by atoms with Crippen molar-refractivity contribution in [2.75, 3.05) is 6.61 Å². The lowest BCUT2D eigenvalue weighted by atomic mass is 9.82. The van der Waals surface area contributed by atoms with Crippen molar-refractivity contribution in [1.82, 2.24) is 0 Å². The third-order valence-corrected chi connectivity index (χ3v) is 5.47. The largest absolute Gasteiger partial charge is 0.488 e. The Morgan fingerprint density at radius 3 is 2.52 bits per heavy atom. The van der Waals surface area contributed by atoms with Crippen LogP contribution < -0.4 is 10.5 Å². The van der Waals surface area contributed by atoms with Crippen LogP contribution >= 0.6 is 23.2 Å². The molecule has 1 aliphatic rings. The minimum Gasteiger partial charge on any atom is -0.488 e. The first-order chi connectivity index (χ1) is 14.9. The van der Waals surface area contributed by atoms with E-state index in [1.807, 2.05) is 0 Å². The zero-order valence-corrected chi connectivity index (χ0v) is 18.5. The lowest BCUT2D eigenvalue weighted by molar-refractivity contribution is -0.139. The summed E-state index contributed by atoms with van der Waals surface area (Å²) in [6, 6.07) is 14.3. The third-order valence-electron chi connectivity index (χ3n) is 4.76. The molecule has 0 bridgehead atoms. The molecule has 2 N–H and O–H groups in total. The minimum absolute atomic E-state index is 0.0676. The van der Waals surface area contributed by atoms with E-state index in [9.17, 15) is 10.1 Å². The molecule has 1 atom stereocenters. The average molecular weight is 459 g/mol. The number of allylic oxidation sites excluding steroid dienone is 2. The van der Waals surface area contributed by atoms with Crippen LogP contribution in [0.1, 0.15) is 30.9 Å². The van der Waals surface area contributed by atoms with Gasteiger partial charge in [0.2, 0.25) is 5.88 Å². The summed E-state index contributed by atoms with van der Waals surface area (Å²) in [4.78, 5) is 12.7. The van der Waals surface area contributed by atoms with Crippen LogP contribution in [0.5, 0.6) is 5.75 Å². The highest BCUT2D eigenvalue weighted by molar-refractivity contribution is 6.35. The van der Waals surface area contributed by atoms with Crippen molar-refractivity contribution >= 4 is 29.2 Å². The van der Waals surface area contributed by atoms with Crippen LogP contribution in [-0.2, 0) is 20.9 Å². The van der Waals surface area contributed by atoms with E-state index in [4.69, 9.17) is 43.1 Å². The van der Waals surface area contributed by atoms with Gasteiger partial charge in [-0.15, -0.1) is 0 Å². The van der Waals surface area contributed by atoms with Crippen LogP contribution in [-0.4, -0.2) is 12.6 Å². The number of esters is 1. The first-order valence-corrected chi connectivity index (χ1v) is 10.2. The topological polar surface area (TPSA) is 94.6 Å². The van der Waals surface area contributed by atoms with E-state index in [0.717, 1.165) is 0 Å². The number of nitrogens with two attached hydrogens (primary N) is 1. The standard InChI is InChI=1S/C23H20Cl2N2O4/c1-3-29-23(28)20-13(2)31-22(27)15(11-26)21(20)14-7-4-5-10-19(14)30-12-16-17(24)8-6-9-18(16)25/h4-10,21H,3,12,27H2,1-2H3. The van der Waals surface area contributed by atoms with Gasteiger partial charge in [0.1, 0.15) is 29.8 Å². The second kappa shape index (κ2) is 9.78. The number of nitriles is 1. The van der Waals surface area contributed by atoms with Gasteiger partial charge < -0.3 is 19.9 Å². The maximum Gasteiger partial charge on any atom is 0.338 e. The molecule has 1 unspecified atom stereocenters. The number of halogens is 2. The number of benzene rings is 2. The molecule has 2 aromatic carbocycles. The summed E-state index contributed by atoms with van der Waals surface area (Å²) in [6.45, 7) is 3.57. The maximum absolute atomic E-state index is 12.7. The van der Waals surface area contributed by atoms with Gasteiger partial charge in [0.15, 0.2) is 0 Å². The molecule has 6 nitrogen and oxygen atoms in total. The Hall–Kier alpha value is -3.14. The molecule has 8 heteroatoms. The highest BCUT2D eigenvalue weighted by atomic mass is 35.5. The Bertz CT molecular complexity index is 1100. The van der Waals surface area contributed by atoms with Gasteiger partial charge in [0.25, 0.3) is 0 Å². The summed E-state index contributed by atoms with van der Waals surface area (Å²) in [5.74, 6) is -0.753. The number of nitrogens with zero attached hydrogens (tertiary/aromatic N) is 1. The number of hydrogen-bond donors (Lipinski definition) is 1. The minimum atomic E-state index is -0.810. The summed E-state index contributed by atoms with van der Waals surface area (Å²) in [7, 11) is 0. The van der Waals surface area contributed by atoms with Crippen molar-refractivity contribution in [3.63, 3.8) is 0 Å². The summed E-state index contributed by atoms with van der Waals surface area (Å²) >= 11 is 12.5. The number of ether oxygens (including phenoxy) is 3. The van der Waals surface area contributed by atoms with Crippen LogP contribution in [0.25, 0.3) is 0 Å². The average Bonchev–Trinajstić information content (AvgIpc) is 2.73. The van der Waals surface area contributed by atoms with Crippen LogP contribution in [0.4, 0.5) is 0 Å². The molecule has 0 radical (unpaired) electrons. The molecule has 0 amide bonds. The summed E-state index contributed by atoms with van der Waals surface area (Å²) < 4.78 is 16.7. The fraction of sp³-hybridized carbons (Fsp3) is 0.217. The molecule has 3 rings (SSSR count). The molecular formula is C23H20Cl2N2O4. The highest BCUT2D eigenvalue weighted by Crippen LogP contribution is 2.43. The monoisotopic (exact) mass is 458 g/mol. The van der Waals surface area contributed by atoms with E-state index in [-0.39, 0.29) is 36.0 Å². The van der Waals surface area contributed by atoms with Crippen molar-refractivity contribution in [3.05, 3.63) is 86.4 Å². The van der Waals surface area contributed by atoms with Crippen molar-refractivity contribution in [2.45, 2.75) is 26.4 Å². The van der Waals surface area contributed by atoms with E-state index >= 15 is 0 Å². The molecular weight excluding hydrogens is 439 g/mol. The van der Waals surface area contributed by atoms with Gasteiger partial charge >= 0.3 is 5.97 Å². The van der Waals surface area contributed by atoms with Gasteiger partial charge in [0, 0.05) is 21.2 Å². The first-order valence-electron chi connectivity index (χ1n) is 9.49. The number of carbonyl (C=O) groups is 1. The van der Waals surface area contributed by atoms with Gasteiger partial charge in [-0.2, -0.15) is 5.26 Å². The Labute approximate surface area is 190 Å². The number of rotatable bonds is 6. The van der Waals surface area contributed by atoms with Gasteiger partial charge in [-0.25, -0.2) is 4.79 Å². The molecule has 0 spiro atoms. The molecule has 0 aromatic heterocycles. The molecule has 0 fully saturated rings. The van der Waals surface area contributed by atoms with E-state index in [2.05, 4.69) is 6.07 Å². The summed E-state index contributed by atoms with van der Waals surface area (Å²) in [5.41, 5.74) is 7.45. The predicted octanol–water partition coefficient (Wildman–Crippen LogP) is 5.22. The zero-order valence-electron chi connectivity index (χ0n) is 16.9. The highest BCUT2D eigenvalue weighted by Gasteiger charge is 2.37. The molecule has 160 valence electrons. The number of para-hydroxylation sites is 1. The van der Waals surface area contributed by atoms with E-state index in [1.54, 1.807) is 56.3 Å². The molecule has 0 aliphatic carbocycles. The predicted molar refractivity (Wildman–Crippen MR) is 117 cm³/mol. The smallest absolute Gasteiger partial charge is 0.338 e. The lowest BCUT2D eigenvalue weighted by Gasteiger charge is -2.28. The van der Waals surface area contributed by atoms with E-state index in [0.29, 0.717) is 26.9 Å². The van der Waals surface area contributed by atoms with Crippen molar-refractivity contribution < 1.29 is 19.0 Å². The Morgan fingerprint density at radius 2 is 1.87 bits per heavy atom. The molecule has 31 heavy (non-hydrogen) atoms. The normalized spacial score (nSPS) is 15.9. The number of hydrogen-bond acceptors (Lipinski definition) is 6. The van der Waals surface area contributed by atoms with Gasteiger partial charge in [-0.05, 0) is 32.0 Å². The molecule has 1 heterocycles. The van der Waals surface area contributed by atoms with E-state index < -0.39 is 11.9 Å². The summed E-state index contributed by atoms with van der Waals surface area (Å²) in [5, 5.41) is 10.7. The van der Waals surface area contributed by atoms with Crippen LogP contribution in [0.2, 0.25) is 10.0 Å². The maximum atomic E-state index is 12.7. The molecule has 0 saturated heterocycles. The second-order valence-corrected chi connectivity index (χ2v) is 7.46. The Morgan fingerprint density at radius 1 is 1.19 bits per heavy atom. The Balaban J connectivity index is 2.06. The Kier molecular flexibility index (Phi) is 7.11. The third kappa shape index (κ3) is 4.63.